The van der Waals surface area contributed by atoms with E-state index in [-0.39, 0.29) is 18.2 Å². The SMILES string of the molecule is CCOc1ccc(OCC)c(NC(=O)CC(NC(C)=O)c2ccccc2)c1. The van der Waals surface area contributed by atoms with Gasteiger partial charge < -0.3 is 20.1 Å². The van der Waals surface area contributed by atoms with Crippen LogP contribution in [0.5, 0.6) is 11.5 Å². The van der Waals surface area contributed by atoms with E-state index in [2.05, 4.69) is 10.6 Å². The van der Waals surface area contributed by atoms with Gasteiger partial charge in [0.15, 0.2) is 0 Å². The van der Waals surface area contributed by atoms with Crippen molar-refractivity contribution in [3.63, 3.8) is 0 Å². The molecular weight excluding hydrogens is 344 g/mol. The van der Waals surface area contributed by atoms with E-state index in [4.69, 9.17) is 9.47 Å². The summed E-state index contributed by atoms with van der Waals surface area (Å²) in [7, 11) is 0. The number of anilines is 1. The fraction of sp³-hybridized carbons (Fsp3) is 0.333. The predicted molar refractivity (Wildman–Crippen MR) is 105 cm³/mol. The number of rotatable bonds is 9. The van der Waals surface area contributed by atoms with Crippen LogP contribution in [0.4, 0.5) is 5.69 Å². The van der Waals surface area contributed by atoms with Crippen molar-refractivity contribution in [1.29, 1.82) is 0 Å². The molecule has 0 aliphatic carbocycles. The van der Waals surface area contributed by atoms with Crippen molar-refractivity contribution in [2.24, 2.45) is 0 Å². The summed E-state index contributed by atoms with van der Waals surface area (Å²) in [5, 5.41) is 5.70. The van der Waals surface area contributed by atoms with Crippen molar-refractivity contribution in [2.45, 2.75) is 33.2 Å². The van der Waals surface area contributed by atoms with E-state index >= 15 is 0 Å². The molecule has 1 unspecified atom stereocenters. The lowest BCUT2D eigenvalue weighted by Crippen LogP contribution is -2.29. The highest BCUT2D eigenvalue weighted by Crippen LogP contribution is 2.30. The summed E-state index contributed by atoms with van der Waals surface area (Å²) in [4.78, 5) is 24.2. The molecule has 0 saturated carbocycles. The molecule has 0 aliphatic heterocycles. The Hall–Kier alpha value is -3.02. The van der Waals surface area contributed by atoms with Gasteiger partial charge in [0.1, 0.15) is 11.5 Å². The fourth-order valence-electron chi connectivity index (χ4n) is 2.71. The van der Waals surface area contributed by atoms with Crippen molar-refractivity contribution in [3.05, 3.63) is 54.1 Å². The van der Waals surface area contributed by atoms with E-state index in [9.17, 15) is 9.59 Å². The molecule has 144 valence electrons. The van der Waals surface area contributed by atoms with E-state index in [1.807, 2.05) is 44.2 Å². The maximum absolute atomic E-state index is 12.6. The standard InChI is InChI=1S/C21H26N2O4/c1-4-26-17-11-12-20(27-5-2)19(13-17)23-21(25)14-18(22-15(3)24)16-9-7-6-8-10-16/h6-13,18H,4-5,14H2,1-3H3,(H,22,24)(H,23,25). The zero-order chi connectivity index (χ0) is 19.6. The molecule has 0 heterocycles. The summed E-state index contributed by atoms with van der Waals surface area (Å²) in [6.07, 6.45) is 0.105. The van der Waals surface area contributed by atoms with Gasteiger partial charge in [-0.25, -0.2) is 0 Å². The zero-order valence-corrected chi connectivity index (χ0v) is 16.0. The molecule has 0 aromatic heterocycles. The van der Waals surface area contributed by atoms with Gasteiger partial charge in [-0.3, -0.25) is 9.59 Å². The van der Waals surface area contributed by atoms with Crippen LogP contribution in [0.3, 0.4) is 0 Å². The van der Waals surface area contributed by atoms with Gasteiger partial charge in [0.2, 0.25) is 11.8 Å². The van der Waals surface area contributed by atoms with Gasteiger partial charge >= 0.3 is 0 Å². The topological polar surface area (TPSA) is 76.7 Å². The highest BCUT2D eigenvalue weighted by molar-refractivity contribution is 5.93. The van der Waals surface area contributed by atoms with Crippen LogP contribution in [0.25, 0.3) is 0 Å². The minimum Gasteiger partial charge on any atom is -0.494 e. The summed E-state index contributed by atoms with van der Waals surface area (Å²) >= 11 is 0. The third-order valence-corrected chi connectivity index (χ3v) is 3.80. The molecule has 27 heavy (non-hydrogen) atoms. The van der Waals surface area contributed by atoms with Crippen LogP contribution in [0, 0.1) is 0 Å². The van der Waals surface area contributed by atoms with Crippen LogP contribution < -0.4 is 20.1 Å². The summed E-state index contributed by atoms with van der Waals surface area (Å²) < 4.78 is 11.1. The Kier molecular flexibility index (Phi) is 7.67. The quantitative estimate of drug-likeness (QED) is 0.706. The van der Waals surface area contributed by atoms with Crippen LogP contribution in [0.1, 0.15) is 38.8 Å². The van der Waals surface area contributed by atoms with Crippen LogP contribution in [0.2, 0.25) is 0 Å². The van der Waals surface area contributed by atoms with Gasteiger partial charge in [-0.1, -0.05) is 30.3 Å². The first kappa shape index (κ1) is 20.3. The van der Waals surface area contributed by atoms with Crippen LogP contribution in [-0.2, 0) is 9.59 Å². The van der Waals surface area contributed by atoms with E-state index in [1.165, 1.54) is 6.92 Å². The average Bonchev–Trinajstić information content (AvgIpc) is 2.64. The first-order chi connectivity index (χ1) is 13.0. The third-order valence-electron chi connectivity index (χ3n) is 3.80. The van der Waals surface area contributed by atoms with Gasteiger partial charge in [0.25, 0.3) is 0 Å². The van der Waals surface area contributed by atoms with E-state index in [1.54, 1.807) is 18.2 Å². The highest BCUT2D eigenvalue weighted by atomic mass is 16.5. The van der Waals surface area contributed by atoms with Crippen LogP contribution in [-0.4, -0.2) is 25.0 Å². The van der Waals surface area contributed by atoms with E-state index < -0.39 is 6.04 Å². The number of carbonyl (C=O) groups excluding carboxylic acids is 2. The van der Waals surface area contributed by atoms with Gasteiger partial charge in [-0.2, -0.15) is 0 Å². The molecule has 6 nitrogen and oxygen atoms in total. The second-order valence-electron chi connectivity index (χ2n) is 5.94. The maximum Gasteiger partial charge on any atom is 0.226 e. The van der Waals surface area contributed by atoms with E-state index in [0.717, 1.165) is 5.56 Å². The Morgan fingerprint density at radius 3 is 2.33 bits per heavy atom. The molecule has 0 fully saturated rings. The number of nitrogens with one attached hydrogen (secondary N) is 2. The smallest absolute Gasteiger partial charge is 0.226 e. The number of hydrogen-bond donors (Lipinski definition) is 2. The first-order valence-corrected chi connectivity index (χ1v) is 9.05. The van der Waals surface area contributed by atoms with Gasteiger partial charge in [0.05, 0.1) is 31.4 Å². The molecule has 2 aromatic rings. The Labute approximate surface area is 159 Å². The Morgan fingerprint density at radius 2 is 1.70 bits per heavy atom. The number of carbonyl (C=O) groups is 2. The average molecular weight is 370 g/mol. The first-order valence-electron chi connectivity index (χ1n) is 9.05. The summed E-state index contributed by atoms with van der Waals surface area (Å²) in [5.74, 6) is 0.806. The Morgan fingerprint density at radius 1 is 1.00 bits per heavy atom. The van der Waals surface area contributed by atoms with Crippen LogP contribution in [0.15, 0.2) is 48.5 Å². The minimum atomic E-state index is -0.408. The summed E-state index contributed by atoms with van der Waals surface area (Å²) in [5.41, 5.74) is 1.42. The molecule has 0 spiro atoms. The molecule has 2 aromatic carbocycles. The number of benzene rings is 2. The van der Waals surface area contributed by atoms with Gasteiger partial charge in [-0.15, -0.1) is 0 Å². The normalized spacial score (nSPS) is 11.4. The largest absolute Gasteiger partial charge is 0.494 e. The van der Waals surface area contributed by atoms with Crippen molar-refractivity contribution >= 4 is 17.5 Å². The van der Waals surface area contributed by atoms with Gasteiger partial charge in [-0.05, 0) is 31.5 Å². The maximum atomic E-state index is 12.6. The minimum absolute atomic E-state index is 0.105. The monoisotopic (exact) mass is 370 g/mol. The summed E-state index contributed by atoms with van der Waals surface area (Å²) in [6.45, 7) is 6.22. The predicted octanol–water partition coefficient (Wildman–Crippen LogP) is 3.69. The molecule has 2 rings (SSSR count). The van der Waals surface area contributed by atoms with Crippen molar-refractivity contribution < 1.29 is 19.1 Å². The number of hydrogen-bond acceptors (Lipinski definition) is 4. The van der Waals surface area contributed by atoms with Crippen molar-refractivity contribution in [3.8, 4) is 11.5 Å². The molecule has 0 saturated heterocycles. The molecule has 0 radical (unpaired) electrons. The number of ether oxygens (including phenoxy) is 2. The second kappa shape index (κ2) is 10.2. The lowest BCUT2D eigenvalue weighted by atomic mass is 10.0. The Balaban J connectivity index is 2.16. The summed E-state index contributed by atoms with van der Waals surface area (Å²) in [6, 6.07) is 14.3. The third kappa shape index (κ3) is 6.33. The van der Waals surface area contributed by atoms with E-state index in [0.29, 0.717) is 30.4 Å². The fourth-order valence-corrected chi connectivity index (χ4v) is 2.71. The molecule has 0 bridgehead atoms. The highest BCUT2D eigenvalue weighted by Gasteiger charge is 2.18. The van der Waals surface area contributed by atoms with Crippen molar-refractivity contribution in [2.75, 3.05) is 18.5 Å². The number of amides is 2. The molecule has 6 heteroatoms. The molecule has 2 amide bonds. The van der Waals surface area contributed by atoms with Gasteiger partial charge in [0, 0.05) is 13.0 Å². The van der Waals surface area contributed by atoms with Crippen LogP contribution >= 0.6 is 0 Å². The molecule has 0 aliphatic rings. The second-order valence-corrected chi connectivity index (χ2v) is 5.94. The lowest BCUT2D eigenvalue weighted by molar-refractivity contribution is -0.120. The molecule has 2 N–H and O–H groups in total. The van der Waals surface area contributed by atoms with Crippen molar-refractivity contribution in [1.82, 2.24) is 5.32 Å². The zero-order valence-electron chi connectivity index (χ0n) is 16.0. The Bertz CT molecular complexity index is 762. The molecule has 1 atom stereocenters. The lowest BCUT2D eigenvalue weighted by Gasteiger charge is -2.19. The molecular formula is C21H26N2O4.